The van der Waals surface area contributed by atoms with Crippen LogP contribution in [-0.2, 0) is 10.8 Å². The molecule has 0 bridgehead atoms. The molecule has 0 aliphatic rings. The molecule has 2 aromatic rings. The first kappa shape index (κ1) is 30.1. The molecule has 0 radical (unpaired) electrons. The topological polar surface area (TPSA) is 61.5 Å². The van der Waals surface area contributed by atoms with Gasteiger partial charge in [-0.3, -0.25) is 4.21 Å². The second-order valence-electron chi connectivity index (χ2n) is 8.10. The summed E-state index contributed by atoms with van der Waals surface area (Å²) in [6.07, 6.45) is 0. The minimum Gasteiger partial charge on any atom is -0.496 e. The van der Waals surface area contributed by atoms with Crippen molar-refractivity contribution >= 4 is 42.7 Å². The van der Waals surface area contributed by atoms with Crippen molar-refractivity contribution in [2.45, 2.75) is 58.8 Å². The summed E-state index contributed by atoms with van der Waals surface area (Å²) < 4.78 is 24.3. The van der Waals surface area contributed by atoms with E-state index in [0.29, 0.717) is 5.75 Å². The summed E-state index contributed by atoms with van der Waals surface area (Å²) in [5.41, 5.74) is 7.96. The Labute approximate surface area is 208 Å². The van der Waals surface area contributed by atoms with Gasteiger partial charge in [0.25, 0.3) is 0 Å². The Morgan fingerprint density at radius 2 is 1.35 bits per heavy atom. The second-order valence-corrected chi connectivity index (χ2v) is 12.1. The molecule has 0 saturated heterocycles. The van der Waals surface area contributed by atoms with Crippen molar-refractivity contribution in [2.75, 3.05) is 20.0 Å². The summed E-state index contributed by atoms with van der Waals surface area (Å²) in [6.45, 7) is 10.1. The average Bonchev–Trinajstić information content (AvgIpc) is 2.68. The van der Waals surface area contributed by atoms with Crippen LogP contribution in [-0.4, -0.2) is 28.9 Å². The van der Waals surface area contributed by atoms with Gasteiger partial charge in [0.2, 0.25) is 0 Å². The molecule has 0 saturated carbocycles. The molecular formula is C24H37Br2NO3S. The van der Waals surface area contributed by atoms with E-state index in [1.807, 2.05) is 58.0 Å². The SMILES string of the molecule is C.COc1cc(C(C)CS(=O)C(C)(C)C)ccc1Br.COc1cc(C(C)N)ccc1Br. The molecule has 3 atom stereocenters. The van der Waals surface area contributed by atoms with Crippen LogP contribution in [0.15, 0.2) is 45.3 Å². The van der Waals surface area contributed by atoms with E-state index in [4.69, 9.17) is 15.2 Å². The van der Waals surface area contributed by atoms with E-state index in [9.17, 15) is 4.21 Å². The molecule has 2 aromatic carbocycles. The number of benzene rings is 2. The van der Waals surface area contributed by atoms with Crippen LogP contribution in [0.3, 0.4) is 0 Å². The highest BCUT2D eigenvalue weighted by molar-refractivity contribution is 9.10. The average molecular weight is 579 g/mol. The second kappa shape index (κ2) is 13.6. The zero-order valence-electron chi connectivity index (χ0n) is 18.8. The van der Waals surface area contributed by atoms with E-state index < -0.39 is 10.8 Å². The first-order valence-corrected chi connectivity index (χ1v) is 12.6. The van der Waals surface area contributed by atoms with Crippen molar-refractivity contribution in [3.8, 4) is 11.5 Å². The van der Waals surface area contributed by atoms with Crippen LogP contribution < -0.4 is 15.2 Å². The van der Waals surface area contributed by atoms with Crippen LogP contribution in [0, 0.1) is 0 Å². The molecule has 2 rings (SSSR count). The third-order valence-corrected chi connectivity index (χ3v) is 8.01. The van der Waals surface area contributed by atoms with Crippen molar-refractivity contribution in [1.82, 2.24) is 0 Å². The van der Waals surface area contributed by atoms with Crippen LogP contribution in [0.25, 0.3) is 0 Å². The van der Waals surface area contributed by atoms with Gasteiger partial charge in [0, 0.05) is 27.3 Å². The Kier molecular flexibility index (Phi) is 13.2. The molecule has 2 N–H and O–H groups in total. The molecule has 0 aliphatic carbocycles. The van der Waals surface area contributed by atoms with Gasteiger partial charge >= 0.3 is 0 Å². The van der Waals surface area contributed by atoms with Gasteiger partial charge in [-0.15, -0.1) is 0 Å². The molecule has 0 amide bonds. The van der Waals surface area contributed by atoms with E-state index in [2.05, 4.69) is 44.8 Å². The number of methoxy groups -OCH3 is 2. The molecule has 176 valence electrons. The van der Waals surface area contributed by atoms with Gasteiger partial charge in [0.15, 0.2) is 0 Å². The summed E-state index contributed by atoms with van der Waals surface area (Å²) in [7, 11) is 2.46. The molecule has 0 fully saturated rings. The minimum atomic E-state index is -0.834. The van der Waals surface area contributed by atoms with Crippen molar-refractivity contribution in [1.29, 1.82) is 0 Å². The zero-order valence-corrected chi connectivity index (χ0v) is 22.8. The maximum atomic E-state index is 12.1. The van der Waals surface area contributed by atoms with Gasteiger partial charge in [-0.25, -0.2) is 0 Å². The fourth-order valence-corrected chi connectivity index (χ4v) is 4.48. The lowest BCUT2D eigenvalue weighted by molar-refractivity contribution is 0.411. The normalized spacial score (nSPS) is 13.7. The maximum Gasteiger partial charge on any atom is 0.133 e. The smallest absolute Gasteiger partial charge is 0.133 e. The molecule has 31 heavy (non-hydrogen) atoms. The highest BCUT2D eigenvalue weighted by Crippen LogP contribution is 2.30. The van der Waals surface area contributed by atoms with Crippen LogP contribution in [0.1, 0.15) is 65.1 Å². The molecule has 7 heteroatoms. The fraction of sp³-hybridized carbons (Fsp3) is 0.500. The largest absolute Gasteiger partial charge is 0.496 e. The van der Waals surface area contributed by atoms with E-state index >= 15 is 0 Å². The maximum absolute atomic E-state index is 12.1. The lowest BCUT2D eigenvalue weighted by Gasteiger charge is -2.21. The minimum absolute atomic E-state index is 0. The van der Waals surface area contributed by atoms with Crippen molar-refractivity contribution in [2.24, 2.45) is 5.73 Å². The van der Waals surface area contributed by atoms with Gasteiger partial charge in [0.05, 0.1) is 23.2 Å². The lowest BCUT2D eigenvalue weighted by Crippen LogP contribution is -2.26. The Hall–Kier alpha value is -0.890. The standard InChI is InChI=1S/C14H21BrO2S.C9H12BrNO.CH4/c1-10(9-18(16)14(2,3)4)11-6-7-12(15)13(8-11)17-5;1-6(11)7-3-4-8(10)9(5-7)12-2;/h6-8,10H,9H2,1-5H3;3-6H,11H2,1-2H3;1H4. The summed E-state index contributed by atoms with van der Waals surface area (Å²) >= 11 is 6.81. The van der Waals surface area contributed by atoms with Crippen molar-refractivity contribution in [3.05, 3.63) is 56.5 Å². The molecular weight excluding hydrogens is 542 g/mol. The third-order valence-electron chi connectivity index (χ3n) is 4.53. The Morgan fingerprint density at radius 1 is 0.935 bits per heavy atom. The number of halogens is 2. The molecule has 0 heterocycles. The van der Waals surface area contributed by atoms with Crippen molar-refractivity contribution in [3.63, 3.8) is 0 Å². The molecule has 0 aliphatic heterocycles. The first-order chi connectivity index (χ1) is 13.9. The number of hydrogen-bond acceptors (Lipinski definition) is 4. The summed E-state index contributed by atoms with van der Waals surface area (Å²) in [5.74, 6) is 2.58. The van der Waals surface area contributed by atoms with E-state index in [1.54, 1.807) is 14.2 Å². The van der Waals surface area contributed by atoms with Gasteiger partial charge in [-0.05, 0) is 101 Å². The summed E-state index contributed by atoms with van der Waals surface area (Å²) in [6, 6.07) is 12.0. The van der Waals surface area contributed by atoms with Gasteiger partial charge in [0.1, 0.15) is 11.5 Å². The van der Waals surface area contributed by atoms with Crippen LogP contribution >= 0.6 is 31.9 Å². The van der Waals surface area contributed by atoms with E-state index in [0.717, 1.165) is 31.6 Å². The van der Waals surface area contributed by atoms with Gasteiger partial charge < -0.3 is 15.2 Å². The highest BCUT2D eigenvalue weighted by Gasteiger charge is 2.22. The Bertz CT molecular complexity index is 851. The highest BCUT2D eigenvalue weighted by atomic mass is 79.9. The zero-order chi connectivity index (χ0) is 23.1. The van der Waals surface area contributed by atoms with Crippen LogP contribution in [0.4, 0.5) is 0 Å². The lowest BCUT2D eigenvalue weighted by atomic mass is 10.0. The number of nitrogens with two attached hydrogens (primary N) is 1. The van der Waals surface area contributed by atoms with Gasteiger partial charge in [-0.1, -0.05) is 26.5 Å². The Morgan fingerprint density at radius 3 is 1.74 bits per heavy atom. The van der Waals surface area contributed by atoms with Crippen LogP contribution in [0.2, 0.25) is 0 Å². The predicted molar refractivity (Wildman–Crippen MR) is 142 cm³/mol. The van der Waals surface area contributed by atoms with E-state index in [1.165, 1.54) is 0 Å². The predicted octanol–water partition coefficient (Wildman–Crippen LogP) is 7.22. The monoisotopic (exact) mass is 577 g/mol. The van der Waals surface area contributed by atoms with Crippen LogP contribution in [0.5, 0.6) is 11.5 Å². The number of rotatable bonds is 6. The van der Waals surface area contributed by atoms with E-state index in [-0.39, 0.29) is 24.1 Å². The van der Waals surface area contributed by atoms with Gasteiger partial charge in [-0.2, -0.15) is 0 Å². The molecule has 0 aromatic heterocycles. The molecule has 4 nitrogen and oxygen atoms in total. The number of hydrogen-bond donors (Lipinski definition) is 1. The fourth-order valence-electron chi connectivity index (χ4n) is 2.52. The molecule has 3 unspecified atom stereocenters. The molecule has 0 spiro atoms. The summed E-state index contributed by atoms with van der Waals surface area (Å²) in [4.78, 5) is 0. The summed E-state index contributed by atoms with van der Waals surface area (Å²) in [5, 5.41) is 0. The first-order valence-electron chi connectivity index (χ1n) is 9.71. The number of ether oxygens (including phenoxy) is 2. The third kappa shape index (κ3) is 9.64. The quantitative estimate of drug-likeness (QED) is 0.393. The Balaban J connectivity index is 0.000000605. The van der Waals surface area contributed by atoms with Crippen molar-refractivity contribution < 1.29 is 13.7 Å².